The normalized spacial score (nSPS) is 15.1. The van der Waals surface area contributed by atoms with Gasteiger partial charge in [0.05, 0.1) is 23.0 Å². The molecular weight excluding hydrogens is 396 g/mol. The van der Waals surface area contributed by atoms with Crippen molar-refractivity contribution in [1.29, 1.82) is 0 Å². The highest BCUT2D eigenvalue weighted by molar-refractivity contribution is 7.20. The van der Waals surface area contributed by atoms with E-state index in [1.807, 2.05) is 23.1 Å². The first-order valence-corrected chi connectivity index (χ1v) is 11.0. The zero-order chi connectivity index (χ0) is 19.5. The Morgan fingerprint density at radius 3 is 2.89 bits per heavy atom. The summed E-state index contributed by atoms with van der Waals surface area (Å²) < 4.78 is 16.4. The van der Waals surface area contributed by atoms with Crippen molar-refractivity contribution in [3.8, 4) is 10.9 Å². The topological polar surface area (TPSA) is 77.4 Å². The van der Waals surface area contributed by atoms with Crippen molar-refractivity contribution in [2.75, 3.05) is 20.2 Å². The zero-order valence-corrected chi connectivity index (χ0v) is 17.5. The first-order chi connectivity index (χ1) is 13.7. The Morgan fingerprint density at radius 2 is 2.14 bits per heavy atom. The lowest BCUT2D eigenvalue weighted by molar-refractivity contribution is 0.0599. The lowest BCUT2D eigenvalue weighted by atomic mass is 10.1. The molecule has 0 saturated carbocycles. The number of aryl methyl sites for hydroxylation is 1. The van der Waals surface area contributed by atoms with Gasteiger partial charge in [-0.15, -0.1) is 5.10 Å². The van der Waals surface area contributed by atoms with Crippen LogP contribution < -0.4 is 9.47 Å². The van der Waals surface area contributed by atoms with E-state index in [-0.39, 0.29) is 12.0 Å². The molecule has 1 saturated heterocycles. The molecule has 1 aliphatic heterocycles. The number of hydrogen-bond donors (Lipinski definition) is 0. The molecular formula is C19H22N4O3S2. The molecule has 3 aromatic rings. The maximum absolute atomic E-state index is 12.8. The molecule has 0 bridgehead atoms. The quantitative estimate of drug-likeness (QED) is 0.606. The largest absolute Gasteiger partial charge is 0.497 e. The molecule has 0 aliphatic carbocycles. The summed E-state index contributed by atoms with van der Waals surface area (Å²) in [6.45, 7) is 3.42. The summed E-state index contributed by atoms with van der Waals surface area (Å²) in [7, 11) is 1.65. The van der Waals surface area contributed by atoms with Crippen LogP contribution in [0, 0.1) is 0 Å². The maximum Gasteiger partial charge on any atom is 0.274 e. The molecule has 0 N–H and O–H groups in total. The number of amides is 1. The van der Waals surface area contributed by atoms with Crippen molar-refractivity contribution in [2.24, 2.45) is 0 Å². The SMILES string of the molecule is CCCc1nnsc1C(=O)N1CCC(Oc2nc3ccc(OC)cc3s2)CC1. The molecule has 1 aromatic carbocycles. The van der Waals surface area contributed by atoms with Crippen molar-refractivity contribution >= 4 is 39.0 Å². The Kier molecular flexibility index (Phi) is 5.72. The van der Waals surface area contributed by atoms with Crippen LogP contribution in [0.5, 0.6) is 10.9 Å². The van der Waals surface area contributed by atoms with Crippen molar-refractivity contribution in [2.45, 2.75) is 38.7 Å². The lowest BCUT2D eigenvalue weighted by Crippen LogP contribution is -2.41. The van der Waals surface area contributed by atoms with E-state index in [9.17, 15) is 4.79 Å². The van der Waals surface area contributed by atoms with Crippen molar-refractivity contribution in [3.05, 3.63) is 28.8 Å². The predicted molar refractivity (Wildman–Crippen MR) is 110 cm³/mol. The summed E-state index contributed by atoms with van der Waals surface area (Å²) >= 11 is 2.72. The number of aromatic nitrogens is 3. The summed E-state index contributed by atoms with van der Waals surface area (Å²) in [5, 5.41) is 4.78. The number of likely N-dealkylation sites (tertiary alicyclic amines) is 1. The van der Waals surface area contributed by atoms with Crippen LogP contribution in [0.25, 0.3) is 10.2 Å². The third-order valence-electron chi connectivity index (χ3n) is 4.81. The van der Waals surface area contributed by atoms with Crippen LogP contribution in [0.4, 0.5) is 0 Å². The monoisotopic (exact) mass is 418 g/mol. The van der Waals surface area contributed by atoms with E-state index in [1.54, 1.807) is 7.11 Å². The Labute approximate surface area is 171 Å². The minimum atomic E-state index is 0.0454. The third kappa shape index (κ3) is 3.95. The third-order valence-corrected chi connectivity index (χ3v) is 6.47. The highest BCUT2D eigenvalue weighted by Crippen LogP contribution is 2.32. The summed E-state index contributed by atoms with van der Waals surface area (Å²) in [6, 6.07) is 5.81. The standard InChI is InChI=1S/C19H22N4O3S2/c1-3-4-15-17(28-22-21-15)18(24)23-9-7-12(8-10-23)26-19-20-14-6-5-13(25-2)11-16(14)27-19/h5-6,11-12H,3-4,7-10H2,1-2H3. The number of hydrogen-bond acceptors (Lipinski definition) is 8. The number of fused-ring (bicyclic) bond motifs is 1. The van der Waals surface area contributed by atoms with Gasteiger partial charge in [-0.05, 0) is 36.2 Å². The predicted octanol–water partition coefficient (Wildman–Crippen LogP) is 3.79. The van der Waals surface area contributed by atoms with Gasteiger partial charge in [0.25, 0.3) is 11.1 Å². The van der Waals surface area contributed by atoms with Crippen molar-refractivity contribution in [1.82, 2.24) is 19.5 Å². The Hall–Kier alpha value is -2.26. The van der Waals surface area contributed by atoms with Crippen molar-refractivity contribution in [3.63, 3.8) is 0 Å². The number of methoxy groups -OCH3 is 1. The number of thiazole rings is 1. The fourth-order valence-electron chi connectivity index (χ4n) is 3.30. The Morgan fingerprint density at radius 1 is 1.32 bits per heavy atom. The molecule has 0 atom stereocenters. The average molecular weight is 419 g/mol. The fraction of sp³-hybridized carbons (Fsp3) is 0.474. The van der Waals surface area contributed by atoms with Crippen LogP contribution in [0.2, 0.25) is 0 Å². The molecule has 9 heteroatoms. The number of benzene rings is 1. The molecule has 7 nitrogen and oxygen atoms in total. The molecule has 0 unspecified atom stereocenters. The van der Waals surface area contributed by atoms with Gasteiger partial charge in [0.15, 0.2) is 0 Å². The minimum absolute atomic E-state index is 0.0454. The number of rotatable bonds is 6. The lowest BCUT2D eigenvalue weighted by Gasteiger charge is -2.31. The molecule has 0 radical (unpaired) electrons. The zero-order valence-electron chi connectivity index (χ0n) is 15.9. The van der Waals surface area contributed by atoms with Gasteiger partial charge in [0, 0.05) is 25.9 Å². The summed E-state index contributed by atoms with van der Waals surface area (Å²) in [6.07, 6.45) is 3.40. The van der Waals surface area contributed by atoms with Crippen LogP contribution in [0.3, 0.4) is 0 Å². The molecule has 0 spiro atoms. The number of piperidine rings is 1. The van der Waals surface area contributed by atoms with E-state index < -0.39 is 0 Å². The first-order valence-electron chi connectivity index (χ1n) is 9.39. The second-order valence-electron chi connectivity index (χ2n) is 6.72. The molecule has 2 aromatic heterocycles. The summed E-state index contributed by atoms with van der Waals surface area (Å²) in [5.41, 5.74) is 1.73. The van der Waals surface area contributed by atoms with Gasteiger partial charge >= 0.3 is 0 Å². The van der Waals surface area contributed by atoms with E-state index in [2.05, 4.69) is 21.5 Å². The Bertz CT molecular complexity index is 963. The average Bonchev–Trinajstić information content (AvgIpc) is 3.34. The van der Waals surface area contributed by atoms with E-state index in [0.717, 1.165) is 47.3 Å². The van der Waals surface area contributed by atoms with Gasteiger partial charge < -0.3 is 14.4 Å². The first kappa shape index (κ1) is 19.1. The molecule has 1 aliphatic rings. The molecule has 148 valence electrons. The highest BCUT2D eigenvalue weighted by atomic mass is 32.1. The van der Waals surface area contributed by atoms with Crippen molar-refractivity contribution < 1.29 is 14.3 Å². The second kappa shape index (κ2) is 8.40. The fourth-order valence-corrected chi connectivity index (χ4v) is 4.88. The van der Waals surface area contributed by atoms with E-state index in [1.165, 1.54) is 22.9 Å². The van der Waals surface area contributed by atoms with Gasteiger partial charge in [-0.2, -0.15) is 0 Å². The molecule has 4 rings (SSSR count). The van der Waals surface area contributed by atoms with E-state index in [0.29, 0.717) is 23.2 Å². The molecule has 3 heterocycles. The number of carbonyl (C=O) groups is 1. The summed E-state index contributed by atoms with van der Waals surface area (Å²) in [5.74, 6) is 0.860. The molecule has 1 amide bonds. The van der Waals surface area contributed by atoms with E-state index in [4.69, 9.17) is 9.47 Å². The van der Waals surface area contributed by atoms with E-state index >= 15 is 0 Å². The van der Waals surface area contributed by atoms with Gasteiger partial charge in [0.2, 0.25) is 0 Å². The highest BCUT2D eigenvalue weighted by Gasteiger charge is 2.28. The number of ether oxygens (including phenoxy) is 2. The van der Waals surface area contributed by atoms with Crippen LogP contribution in [-0.2, 0) is 6.42 Å². The molecule has 28 heavy (non-hydrogen) atoms. The summed E-state index contributed by atoms with van der Waals surface area (Å²) in [4.78, 5) is 19.9. The van der Waals surface area contributed by atoms with Gasteiger partial charge in [-0.1, -0.05) is 29.2 Å². The van der Waals surface area contributed by atoms with Gasteiger partial charge in [0.1, 0.15) is 16.7 Å². The molecule has 1 fully saturated rings. The van der Waals surface area contributed by atoms with Crippen LogP contribution in [0.1, 0.15) is 41.6 Å². The van der Waals surface area contributed by atoms with Gasteiger partial charge in [-0.25, -0.2) is 4.98 Å². The van der Waals surface area contributed by atoms with Crippen LogP contribution in [0.15, 0.2) is 18.2 Å². The van der Waals surface area contributed by atoms with Crippen LogP contribution in [-0.4, -0.2) is 51.7 Å². The maximum atomic E-state index is 12.8. The Balaban J connectivity index is 1.36. The second-order valence-corrected chi connectivity index (χ2v) is 8.47. The number of carbonyl (C=O) groups excluding carboxylic acids is 1. The smallest absolute Gasteiger partial charge is 0.274 e. The van der Waals surface area contributed by atoms with Crippen LogP contribution >= 0.6 is 22.9 Å². The number of nitrogens with zero attached hydrogens (tertiary/aromatic N) is 4. The van der Waals surface area contributed by atoms with Gasteiger partial charge in [-0.3, -0.25) is 4.79 Å². The minimum Gasteiger partial charge on any atom is -0.497 e.